The number of anilines is 1. The minimum Gasteiger partial charge on any atom is -0.334 e. The molecule has 0 atom stereocenters. The molecule has 0 N–H and O–H groups in total. The molecule has 0 aliphatic carbocycles. The summed E-state index contributed by atoms with van der Waals surface area (Å²) >= 11 is 0. The van der Waals surface area contributed by atoms with Crippen LogP contribution in [0.1, 0.15) is 19.8 Å². The van der Waals surface area contributed by atoms with Gasteiger partial charge in [0.05, 0.1) is 18.0 Å². The van der Waals surface area contributed by atoms with Gasteiger partial charge in [0.1, 0.15) is 11.3 Å². The highest BCUT2D eigenvalue weighted by molar-refractivity contribution is 5.77. The Morgan fingerprint density at radius 3 is 2.95 bits per heavy atom. The minimum atomic E-state index is 0.901. The van der Waals surface area contributed by atoms with Crippen LogP contribution in [0.5, 0.6) is 0 Å². The number of pyridine rings is 1. The van der Waals surface area contributed by atoms with Crippen molar-refractivity contribution in [2.75, 3.05) is 11.9 Å². The Morgan fingerprint density at radius 2 is 2.26 bits per heavy atom. The summed E-state index contributed by atoms with van der Waals surface area (Å²) in [5, 5.41) is 0. The summed E-state index contributed by atoms with van der Waals surface area (Å²) in [6, 6.07) is 2.05. The number of likely N-dealkylation sites (N-methyl/N-ethyl adjacent to an activating group) is 1. The number of hydrogen-bond acceptors (Lipinski definition) is 3. The van der Waals surface area contributed by atoms with Gasteiger partial charge in [0, 0.05) is 25.9 Å². The highest BCUT2D eigenvalue weighted by Gasteiger charge is 2.08. The van der Waals surface area contributed by atoms with Gasteiger partial charge in [0.2, 0.25) is 0 Å². The molecule has 0 aliphatic rings. The summed E-state index contributed by atoms with van der Waals surface area (Å²) in [7, 11) is 3.99. The number of unbranched alkanes of at least 4 members (excludes halogenated alkanes) is 1. The predicted molar refractivity (Wildman–Crippen MR) is 80.1 cm³/mol. The maximum Gasteiger partial charge on any atom is 0.134 e. The van der Waals surface area contributed by atoms with Crippen LogP contribution >= 0.6 is 0 Å². The molecule has 0 unspecified atom stereocenters. The van der Waals surface area contributed by atoms with Gasteiger partial charge in [0.25, 0.3) is 0 Å². The van der Waals surface area contributed by atoms with Gasteiger partial charge in [0.15, 0.2) is 0 Å². The summed E-state index contributed by atoms with van der Waals surface area (Å²) in [6.07, 6.45) is 9.82. The average Bonchev–Trinajstić information content (AvgIpc) is 2.80. The molecule has 0 bridgehead atoms. The molecule has 2 aromatic rings. The monoisotopic (exact) mass is 256 g/mol. The normalized spacial score (nSPS) is 11.8. The second kappa shape index (κ2) is 5.69. The molecule has 0 fully saturated rings. The van der Waals surface area contributed by atoms with Crippen molar-refractivity contribution in [3.63, 3.8) is 0 Å². The molecule has 0 amide bonds. The Bertz CT molecular complexity index is 610. The molecule has 2 aromatic heterocycles. The summed E-state index contributed by atoms with van der Waals surface area (Å²) in [4.78, 5) is 10.8. The number of hydrogen-bond donors (Lipinski definition) is 0. The molecule has 19 heavy (non-hydrogen) atoms. The first-order valence-corrected chi connectivity index (χ1v) is 6.50. The highest BCUT2D eigenvalue weighted by Crippen LogP contribution is 2.20. The molecule has 0 spiro atoms. The van der Waals surface area contributed by atoms with Gasteiger partial charge in [-0.05, 0) is 12.5 Å². The lowest BCUT2D eigenvalue weighted by Crippen LogP contribution is -2.16. The van der Waals surface area contributed by atoms with E-state index >= 15 is 0 Å². The maximum atomic E-state index is 4.46. The second-order valence-electron chi connectivity index (χ2n) is 4.57. The van der Waals surface area contributed by atoms with Crippen molar-refractivity contribution in [1.82, 2.24) is 14.5 Å². The van der Waals surface area contributed by atoms with Crippen molar-refractivity contribution in [2.24, 2.45) is 7.05 Å². The van der Waals surface area contributed by atoms with Crippen LogP contribution in [0.2, 0.25) is 0 Å². The SMILES string of the molecule is C=CC(=CCCC)N(C)c1cc2c(cn1)ncn2C. The van der Waals surface area contributed by atoms with E-state index in [0.29, 0.717) is 0 Å². The summed E-state index contributed by atoms with van der Waals surface area (Å²) < 4.78 is 2.00. The first-order chi connectivity index (χ1) is 9.17. The predicted octanol–water partition coefficient (Wildman–Crippen LogP) is 3.27. The zero-order valence-corrected chi connectivity index (χ0v) is 11.8. The van der Waals surface area contributed by atoms with Crippen molar-refractivity contribution in [3.8, 4) is 0 Å². The van der Waals surface area contributed by atoms with Gasteiger partial charge in [-0.25, -0.2) is 9.97 Å². The van der Waals surface area contributed by atoms with Crippen LogP contribution < -0.4 is 4.90 Å². The van der Waals surface area contributed by atoms with Gasteiger partial charge in [-0.15, -0.1) is 0 Å². The van der Waals surface area contributed by atoms with E-state index in [1.165, 1.54) is 0 Å². The van der Waals surface area contributed by atoms with Crippen molar-refractivity contribution in [3.05, 3.63) is 43.0 Å². The maximum absolute atomic E-state index is 4.46. The van der Waals surface area contributed by atoms with Gasteiger partial charge in [-0.2, -0.15) is 0 Å². The van der Waals surface area contributed by atoms with Gasteiger partial charge in [-0.3, -0.25) is 0 Å². The van der Waals surface area contributed by atoms with E-state index in [1.807, 2.05) is 37.0 Å². The third-order valence-electron chi connectivity index (χ3n) is 3.18. The molecule has 2 heterocycles. The molecule has 0 aliphatic heterocycles. The Balaban J connectivity index is 2.36. The lowest BCUT2D eigenvalue weighted by atomic mass is 10.2. The van der Waals surface area contributed by atoms with E-state index in [1.54, 1.807) is 6.33 Å². The lowest BCUT2D eigenvalue weighted by molar-refractivity contribution is 0.936. The van der Waals surface area contributed by atoms with Gasteiger partial charge in [-0.1, -0.05) is 26.0 Å². The second-order valence-corrected chi connectivity index (χ2v) is 4.57. The number of aromatic nitrogens is 3. The standard InChI is InChI=1S/C15H20N4/c1-5-7-8-12(6-2)19(4)15-9-14-13(10-16-15)17-11-18(14)3/h6,8-11H,2,5,7H2,1,3-4H3. The number of fused-ring (bicyclic) bond motifs is 1. The molecule has 100 valence electrons. The van der Waals surface area contributed by atoms with E-state index in [0.717, 1.165) is 35.4 Å². The highest BCUT2D eigenvalue weighted by atomic mass is 15.2. The molecule has 4 heteroatoms. The van der Waals surface area contributed by atoms with Crippen LogP contribution in [0.3, 0.4) is 0 Å². The molecule has 0 aromatic carbocycles. The van der Waals surface area contributed by atoms with Crippen molar-refractivity contribution in [1.29, 1.82) is 0 Å². The fourth-order valence-electron chi connectivity index (χ4n) is 1.98. The van der Waals surface area contributed by atoms with Crippen LogP contribution in [-0.4, -0.2) is 21.6 Å². The quantitative estimate of drug-likeness (QED) is 0.770. The van der Waals surface area contributed by atoms with Crippen molar-refractivity contribution in [2.45, 2.75) is 19.8 Å². The summed E-state index contributed by atoms with van der Waals surface area (Å²) in [5.41, 5.74) is 3.07. The van der Waals surface area contributed by atoms with E-state index < -0.39 is 0 Å². The fourth-order valence-corrected chi connectivity index (χ4v) is 1.98. The lowest BCUT2D eigenvalue weighted by Gasteiger charge is -2.19. The molecular formula is C15H20N4. The zero-order valence-electron chi connectivity index (χ0n) is 11.8. The Morgan fingerprint density at radius 1 is 1.47 bits per heavy atom. The smallest absolute Gasteiger partial charge is 0.134 e. The molecule has 0 saturated heterocycles. The third kappa shape index (κ3) is 2.67. The van der Waals surface area contributed by atoms with Crippen LogP contribution in [0.25, 0.3) is 11.0 Å². The number of nitrogens with zero attached hydrogens (tertiary/aromatic N) is 4. The molecular weight excluding hydrogens is 236 g/mol. The number of allylic oxidation sites excluding steroid dienone is 2. The van der Waals surface area contributed by atoms with Crippen LogP contribution in [0, 0.1) is 0 Å². The van der Waals surface area contributed by atoms with E-state index in [-0.39, 0.29) is 0 Å². The number of aryl methyl sites for hydroxylation is 1. The van der Waals surface area contributed by atoms with Gasteiger partial charge < -0.3 is 9.47 Å². The van der Waals surface area contributed by atoms with Gasteiger partial charge >= 0.3 is 0 Å². The van der Waals surface area contributed by atoms with E-state index in [2.05, 4.69) is 34.4 Å². The number of rotatable bonds is 5. The molecule has 2 rings (SSSR count). The van der Waals surface area contributed by atoms with Crippen LogP contribution in [0.15, 0.2) is 43.0 Å². The van der Waals surface area contributed by atoms with Crippen LogP contribution in [-0.2, 0) is 7.05 Å². The minimum absolute atomic E-state index is 0.901. The zero-order chi connectivity index (χ0) is 13.8. The summed E-state index contributed by atoms with van der Waals surface area (Å²) in [5.74, 6) is 0.901. The third-order valence-corrected chi connectivity index (χ3v) is 3.18. The van der Waals surface area contributed by atoms with Crippen LogP contribution in [0.4, 0.5) is 5.82 Å². The van der Waals surface area contributed by atoms with Crippen molar-refractivity contribution >= 4 is 16.9 Å². The number of imidazole rings is 1. The Hall–Kier alpha value is -2.10. The van der Waals surface area contributed by atoms with E-state index in [9.17, 15) is 0 Å². The fraction of sp³-hybridized carbons (Fsp3) is 0.333. The molecule has 0 saturated carbocycles. The Labute approximate surface area is 114 Å². The van der Waals surface area contributed by atoms with E-state index in [4.69, 9.17) is 0 Å². The first kappa shape index (κ1) is 13.3. The molecule has 0 radical (unpaired) electrons. The average molecular weight is 256 g/mol. The topological polar surface area (TPSA) is 34.0 Å². The first-order valence-electron chi connectivity index (χ1n) is 6.50. The van der Waals surface area contributed by atoms with Crippen molar-refractivity contribution < 1.29 is 0 Å². The summed E-state index contributed by atoms with van der Waals surface area (Å²) in [6.45, 7) is 6.04. The Kier molecular flexibility index (Phi) is 4.00. The molecule has 4 nitrogen and oxygen atoms in total. The largest absolute Gasteiger partial charge is 0.334 e.